The van der Waals surface area contributed by atoms with E-state index in [1.54, 1.807) is 25.1 Å². The second-order valence-electron chi connectivity index (χ2n) is 3.77. The van der Waals surface area contributed by atoms with Gasteiger partial charge in [0.1, 0.15) is 12.2 Å². The monoisotopic (exact) mass is 265 g/mol. The Morgan fingerprint density at radius 1 is 1.56 bits per heavy atom. The van der Waals surface area contributed by atoms with Crippen LogP contribution >= 0.6 is 11.6 Å². The maximum absolute atomic E-state index is 12.0. The number of nitrogens with two attached hydrogens (primary N) is 1. The van der Waals surface area contributed by atoms with Crippen molar-refractivity contribution >= 4 is 23.2 Å². The molecule has 0 aliphatic carbocycles. The quantitative estimate of drug-likeness (QED) is 0.733. The maximum Gasteiger partial charge on any atom is 0.253 e. The first-order valence-corrected chi connectivity index (χ1v) is 5.67. The molecule has 1 heterocycles. The summed E-state index contributed by atoms with van der Waals surface area (Å²) in [7, 11) is 0. The Kier molecular flexibility index (Phi) is 3.47. The van der Waals surface area contributed by atoms with E-state index in [1.165, 1.54) is 6.33 Å². The Hall–Kier alpha value is -2.08. The minimum Gasteiger partial charge on any atom is -0.398 e. The fourth-order valence-corrected chi connectivity index (χ4v) is 1.70. The van der Waals surface area contributed by atoms with Crippen LogP contribution < -0.4 is 11.1 Å². The average molecular weight is 266 g/mol. The molecule has 2 aromatic rings. The number of nitrogens with one attached hydrogen (secondary N) is 2. The van der Waals surface area contributed by atoms with Gasteiger partial charge in [-0.15, -0.1) is 0 Å². The van der Waals surface area contributed by atoms with E-state index in [1.807, 2.05) is 0 Å². The number of amides is 1. The fourth-order valence-electron chi connectivity index (χ4n) is 1.49. The van der Waals surface area contributed by atoms with Gasteiger partial charge in [-0.05, 0) is 19.1 Å². The van der Waals surface area contributed by atoms with E-state index in [0.717, 1.165) is 0 Å². The van der Waals surface area contributed by atoms with E-state index in [4.69, 9.17) is 17.3 Å². The highest BCUT2D eigenvalue weighted by Gasteiger charge is 2.16. The van der Waals surface area contributed by atoms with E-state index in [0.29, 0.717) is 17.1 Å². The molecule has 0 spiro atoms. The standard InChI is InChI=1S/C11H12ClN5O/c1-6(10-14-5-15-17-10)16-11(18)7-3-2-4-8(13)9(7)12/h2-6H,13H2,1H3,(H,16,18)(H,14,15,17). The predicted octanol–water partition coefficient (Wildman–Crippen LogP) is 1.53. The van der Waals surface area contributed by atoms with Gasteiger partial charge in [0.2, 0.25) is 0 Å². The highest BCUT2D eigenvalue weighted by molar-refractivity contribution is 6.36. The van der Waals surface area contributed by atoms with Gasteiger partial charge in [0, 0.05) is 0 Å². The van der Waals surface area contributed by atoms with Crippen LogP contribution in [0, 0.1) is 0 Å². The van der Waals surface area contributed by atoms with Gasteiger partial charge >= 0.3 is 0 Å². The Bertz CT molecular complexity index is 555. The summed E-state index contributed by atoms with van der Waals surface area (Å²) in [6.45, 7) is 1.79. The minimum atomic E-state index is -0.309. The molecule has 1 amide bonds. The Labute approximate surface area is 109 Å². The van der Waals surface area contributed by atoms with Crippen molar-refractivity contribution in [3.05, 3.63) is 40.9 Å². The van der Waals surface area contributed by atoms with Crippen molar-refractivity contribution in [3.63, 3.8) is 0 Å². The highest BCUT2D eigenvalue weighted by atomic mass is 35.5. The van der Waals surface area contributed by atoms with E-state index in [2.05, 4.69) is 20.5 Å². The van der Waals surface area contributed by atoms with E-state index >= 15 is 0 Å². The Balaban J connectivity index is 2.15. The molecule has 7 heteroatoms. The Morgan fingerprint density at radius 2 is 2.33 bits per heavy atom. The third kappa shape index (κ3) is 2.43. The summed E-state index contributed by atoms with van der Waals surface area (Å²) in [6.07, 6.45) is 1.38. The van der Waals surface area contributed by atoms with Crippen LogP contribution in [0.25, 0.3) is 0 Å². The summed E-state index contributed by atoms with van der Waals surface area (Å²) in [6, 6.07) is 4.63. The number of rotatable bonds is 3. The highest BCUT2D eigenvalue weighted by Crippen LogP contribution is 2.23. The predicted molar refractivity (Wildman–Crippen MR) is 68.1 cm³/mol. The first-order chi connectivity index (χ1) is 8.59. The molecule has 1 aromatic carbocycles. The van der Waals surface area contributed by atoms with Gasteiger partial charge < -0.3 is 11.1 Å². The molecule has 0 radical (unpaired) electrons. The summed E-state index contributed by atoms with van der Waals surface area (Å²) in [4.78, 5) is 16.0. The summed E-state index contributed by atoms with van der Waals surface area (Å²) in [5, 5.41) is 9.41. The second kappa shape index (κ2) is 5.05. The van der Waals surface area contributed by atoms with Crippen molar-refractivity contribution < 1.29 is 4.79 Å². The van der Waals surface area contributed by atoms with Crippen molar-refractivity contribution in [2.45, 2.75) is 13.0 Å². The topological polar surface area (TPSA) is 96.7 Å². The normalized spacial score (nSPS) is 12.1. The van der Waals surface area contributed by atoms with Crippen molar-refractivity contribution in [3.8, 4) is 0 Å². The number of halogens is 1. The van der Waals surface area contributed by atoms with Gasteiger partial charge in [-0.2, -0.15) is 5.10 Å². The number of hydrogen-bond donors (Lipinski definition) is 3. The minimum absolute atomic E-state index is 0.250. The Morgan fingerprint density at radius 3 is 3.00 bits per heavy atom. The van der Waals surface area contributed by atoms with Crippen LogP contribution in [0.2, 0.25) is 5.02 Å². The number of hydrogen-bond acceptors (Lipinski definition) is 4. The fraction of sp³-hybridized carbons (Fsp3) is 0.182. The van der Waals surface area contributed by atoms with E-state index in [9.17, 15) is 4.79 Å². The summed E-state index contributed by atoms with van der Waals surface area (Å²) >= 11 is 5.97. The molecule has 0 aliphatic heterocycles. The van der Waals surface area contributed by atoms with Gasteiger partial charge in [-0.1, -0.05) is 17.7 Å². The van der Waals surface area contributed by atoms with Crippen LogP contribution in [0.3, 0.4) is 0 Å². The molecule has 1 aromatic heterocycles. The third-order valence-corrected chi connectivity index (χ3v) is 2.89. The number of carbonyl (C=O) groups is 1. The van der Waals surface area contributed by atoms with Crippen LogP contribution in [-0.2, 0) is 0 Å². The molecule has 6 nitrogen and oxygen atoms in total. The molecule has 0 aliphatic rings. The van der Waals surface area contributed by atoms with E-state index < -0.39 is 0 Å². The van der Waals surface area contributed by atoms with Gasteiger partial charge in [-0.25, -0.2) is 4.98 Å². The number of benzene rings is 1. The average Bonchev–Trinajstić information content (AvgIpc) is 2.86. The maximum atomic E-state index is 12.0. The zero-order chi connectivity index (χ0) is 13.1. The molecule has 0 fully saturated rings. The van der Waals surface area contributed by atoms with Gasteiger partial charge in [0.05, 0.1) is 22.3 Å². The number of anilines is 1. The SMILES string of the molecule is CC(NC(=O)c1cccc(N)c1Cl)c1ncn[nH]1. The first-order valence-electron chi connectivity index (χ1n) is 5.29. The molecule has 4 N–H and O–H groups in total. The van der Waals surface area contributed by atoms with Crippen LogP contribution in [-0.4, -0.2) is 21.1 Å². The van der Waals surface area contributed by atoms with Crippen LogP contribution in [0.4, 0.5) is 5.69 Å². The molecule has 0 saturated carbocycles. The van der Waals surface area contributed by atoms with Crippen LogP contribution in [0.5, 0.6) is 0 Å². The van der Waals surface area contributed by atoms with Gasteiger partial charge in [0.25, 0.3) is 5.91 Å². The first kappa shape index (κ1) is 12.4. The summed E-state index contributed by atoms with van der Waals surface area (Å²) in [5.74, 6) is 0.263. The number of carbonyl (C=O) groups excluding carboxylic acids is 1. The van der Waals surface area contributed by atoms with E-state index in [-0.39, 0.29) is 17.0 Å². The summed E-state index contributed by atoms with van der Waals surface area (Å²) in [5.41, 5.74) is 6.35. The molecule has 1 atom stereocenters. The number of nitrogen functional groups attached to an aromatic ring is 1. The lowest BCUT2D eigenvalue weighted by atomic mass is 10.1. The molecular formula is C11H12ClN5O. The molecule has 0 bridgehead atoms. The zero-order valence-corrected chi connectivity index (χ0v) is 10.4. The molecule has 1 unspecified atom stereocenters. The van der Waals surface area contributed by atoms with Crippen molar-refractivity contribution in [2.75, 3.05) is 5.73 Å². The van der Waals surface area contributed by atoms with Gasteiger partial charge in [-0.3, -0.25) is 9.89 Å². The molecule has 94 valence electrons. The molecular weight excluding hydrogens is 254 g/mol. The number of nitrogens with zero attached hydrogens (tertiary/aromatic N) is 2. The lowest BCUT2D eigenvalue weighted by Gasteiger charge is -2.12. The molecule has 18 heavy (non-hydrogen) atoms. The van der Waals surface area contributed by atoms with Crippen molar-refractivity contribution in [1.29, 1.82) is 0 Å². The van der Waals surface area contributed by atoms with Gasteiger partial charge in [0.15, 0.2) is 0 Å². The summed E-state index contributed by atoms with van der Waals surface area (Å²) < 4.78 is 0. The number of aromatic nitrogens is 3. The third-order valence-electron chi connectivity index (χ3n) is 2.46. The molecule has 2 rings (SSSR count). The number of H-pyrrole nitrogens is 1. The lowest BCUT2D eigenvalue weighted by molar-refractivity contribution is 0.0938. The van der Waals surface area contributed by atoms with Crippen LogP contribution in [0.1, 0.15) is 29.1 Å². The molecule has 0 saturated heterocycles. The zero-order valence-electron chi connectivity index (χ0n) is 9.64. The lowest BCUT2D eigenvalue weighted by Crippen LogP contribution is -2.27. The van der Waals surface area contributed by atoms with Crippen molar-refractivity contribution in [2.24, 2.45) is 0 Å². The number of aromatic amines is 1. The largest absolute Gasteiger partial charge is 0.398 e. The smallest absolute Gasteiger partial charge is 0.253 e. The van der Waals surface area contributed by atoms with Crippen LogP contribution in [0.15, 0.2) is 24.5 Å². The van der Waals surface area contributed by atoms with Crippen molar-refractivity contribution in [1.82, 2.24) is 20.5 Å². The second-order valence-corrected chi connectivity index (χ2v) is 4.15.